The number of carbonyl (C=O) groups is 1. The second-order valence-corrected chi connectivity index (χ2v) is 7.25. The van der Waals surface area contributed by atoms with Crippen molar-refractivity contribution in [3.05, 3.63) is 0 Å². The standard InChI is InChI=1S/C12H22N2O4S/c1-18-12(15)3-2-10-19(16,17)14-8-6-13(7-9-14)11-4-5-11/h11H,2-10H2,1H3. The van der Waals surface area contributed by atoms with E-state index in [4.69, 9.17) is 0 Å². The molecular weight excluding hydrogens is 268 g/mol. The SMILES string of the molecule is COC(=O)CCCS(=O)(=O)N1CCN(C2CC2)CC1. The first-order valence-electron chi connectivity index (χ1n) is 6.81. The van der Waals surface area contributed by atoms with Gasteiger partial charge in [0.15, 0.2) is 0 Å². The van der Waals surface area contributed by atoms with Gasteiger partial charge in [-0.15, -0.1) is 0 Å². The van der Waals surface area contributed by atoms with E-state index in [0.29, 0.717) is 25.6 Å². The zero-order chi connectivity index (χ0) is 13.9. The number of piperazine rings is 1. The van der Waals surface area contributed by atoms with E-state index >= 15 is 0 Å². The smallest absolute Gasteiger partial charge is 0.305 e. The van der Waals surface area contributed by atoms with Gasteiger partial charge in [-0.3, -0.25) is 9.69 Å². The molecule has 1 saturated carbocycles. The van der Waals surface area contributed by atoms with Crippen molar-refractivity contribution in [1.82, 2.24) is 9.21 Å². The lowest BCUT2D eigenvalue weighted by atomic mass is 10.3. The van der Waals surface area contributed by atoms with Gasteiger partial charge in [0.25, 0.3) is 0 Å². The summed E-state index contributed by atoms with van der Waals surface area (Å²) >= 11 is 0. The molecule has 1 aliphatic heterocycles. The van der Waals surface area contributed by atoms with Gasteiger partial charge in [0.2, 0.25) is 10.0 Å². The van der Waals surface area contributed by atoms with Crippen LogP contribution >= 0.6 is 0 Å². The Morgan fingerprint density at radius 2 is 1.84 bits per heavy atom. The fraction of sp³-hybridized carbons (Fsp3) is 0.917. The Hall–Kier alpha value is -0.660. The highest BCUT2D eigenvalue weighted by Crippen LogP contribution is 2.27. The molecule has 0 bridgehead atoms. The molecule has 0 aromatic rings. The van der Waals surface area contributed by atoms with E-state index in [1.165, 1.54) is 20.0 Å². The molecule has 6 nitrogen and oxygen atoms in total. The number of ether oxygens (including phenoxy) is 1. The van der Waals surface area contributed by atoms with Gasteiger partial charge in [-0.05, 0) is 19.3 Å². The number of nitrogens with zero attached hydrogens (tertiary/aromatic N) is 2. The Bertz CT molecular complexity index is 411. The third-order valence-electron chi connectivity index (χ3n) is 3.74. The lowest BCUT2D eigenvalue weighted by Gasteiger charge is -2.34. The van der Waals surface area contributed by atoms with Crippen LogP contribution in [-0.2, 0) is 19.6 Å². The van der Waals surface area contributed by atoms with E-state index in [0.717, 1.165) is 13.1 Å². The number of carbonyl (C=O) groups excluding carboxylic acids is 1. The number of rotatable bonds is 6. The van der Waals surface area contributed by atoms with E-state index in [-0.39, 0.29) is 18.1 Å². The molecule has 1 saturated heterocycles. The minimum absolute atomic E-state index is 0.0333. The van der Waals surface area contributed by atoms with Gasteiger partial charge in [-0.25, -0.2) is 8.42 Å². The lowest BCUT2D eigenvalue weighted by molar-refractivity contribution is -0.140. The first-order chi connectivity index (χ1) is 9.03. The van der Waals surface area contributed by atoms with E-state index in [2.05, 4.69) is 9.64 Å². The quantitative estimate of drug-likeness (QED) is 0.647. The lowest BCUT2D eigenvalue weighted by Crippen LogP contribution is -2.49. The first-order valence-corrected chi connectivity index (χ1v) is 8.42. The number of esters is 1. The second kappa shape index (κ2) is 6.19. The minimum Gasteiger partial charge on any atom is -0.469 e. The molecule has 7 heteroatoms. The molecule has 0 unspecified atom stereocenters. The summed E-state index contributed by atoms with van der Waals surface area (Å²) in [6.07, 6.45) is 3.01. The summed E-state index contributed by atoms with van der Waals surface area (Å²) in [7, 11) is -1.90. The largest absolute Gasteiger partial charge is 0.469 e. The summed E-state index contributed by atoms with van der Waals surface area (Å²) in [5.41, 5.74) is 0. The summed E-state index contributed by atoms with van der Waals surface area (Å²) in [6, 6.07) is 0.698. The van der Waals surface area contributed by atoms with Crippen LogP contribution in [0, 0.1) is 0 Å². The predicted molar refractivity (Wildman–Crippen MR) is 71.2 cm³/mol. The molecule has 1 aliphatic carbocycles. The van der Waals surface area contributed by atoms with Gasteiger partial charge in [0.1, 0.15) is 0 Å². The van der Waals surface area contributed by atoms with Crippen LogP contribution in [0.2, 0.25) is 0 Å². The van der Waals surface area contributed by atoms with Crippen LogP contribution in [0.5, 0.6) is 0 Å². The highest BCUT2D eigenvalue weighted by Gasteiger charge is 2.34. The van der Waals surface area contributed by atoms with Crippen LogP contribution in [0.4, 0.5) is 0 Å². The molecule has 2 rings (SSSR count). The Morgan fingerprint density at radius 3 is 2.37 bits per heavy atom. The Morgan fingerprint density at radius 1 is 1.21 bits per heavy atom. The second-order valence-electron chi connectivity index (χ2n) is 5.16. The van der Waals surface area contributed by atoms with Crippen molar-refractivity contribution >= 4 is 16.0 Å². The summed E-state index contributed by atoms with van der Waals surface area (Å²) in [6.45, 7) is 2.83. The van der Waals surface area contributed by atoms with Gasteiger partial charge >= 0.3 is 5.97 Å². The van der Waals surface area contributed by atoms with Crippen molar-refractivity contribution < 1.29 is 17.9 Å². The van der Waals surface area contributed by atoms with E-state index in [9.17, 15) is 13.2 Å². The number of hydrogen-bond acceptors (Lipinski definition) is 5. The van der Waals surface area contributed by atoms with Crippen LogP contribution in [0.25, 0.3) is 0 Å². The molecule has 0 aromatic carbocycles. The van der Waals surface area contributed by atoms with Crippen molar-refractivity contribution in [3.63, 3.8) is 0 Å². The predicted octanol–water partition coefficient (Wildman–Crippen LogP) is 0.0494. The number of methoxy groups -OCH3 is 1. The van der Waals surface area contributed by atoms with E-state index < -0.39 is 10.0 Å². The van der Waals surface area contributed by atoms with Gasteiger partial charge < -0.3 is 4.74 Å². The van der Waals surface area contributed by atoms with Crippen LogP contribution in [0.3, 0.4) is 0 Å². The normalized spacial score (nSPS) is 22.4. The Balaban J connectivity index is 1.75. The zero-order valence-electron chi connectivity index (χ0n) is 11.4. The molecule has 0 spiro atoms. The fourth-order valence-corrected chi connectivity index (χ4v) is 3.90. The summed E-state index contributed by atoms with van der Waals surface area (Å²) in [5, 5.41) is 0. The molecule has 0 atom stereocenters. The fourth-order valence-electron chi connectivity index (χ4n) is 2.42. The Kier molecular flexibility index (Phi) is 4.81. The van der Waals surface area contributed by atoms with Crippen LogP contribution in [-0.4, -0.2) is 68.7 Å². The highest BCUT2D eigenvalue weighted by molar-refractivity contribution is 7.89. The van der Waals surface area contributed by atoms with Crippen LogP contribution in [0.15, 0.2) is 0 Å². The molecular formula is C12H22N2O4S. The maximum atomic E-state index is 12.1. The van der Waals surface area contributed by atoms with Crippen molar-refractivity contribution in [2.45, 2.75) is 31.7 Å². The molecule has 1 heterocycles. The summed E-state index contributed by atoms with van der Waals surface area (Å²) in [4.78, 5) is 13.3. The van der Waals surface area contributed by atoms with Crippen LogP contribution < -0.4 is 0 Å². The molecule has 0 amide bonds. The van der Waals surface area contributed by atoms with Gasteiger partial charge in [0, 0.05) is 38.6 Å². The van der Waals surface area contributed by atoms with Crippen molar-refractivity contribution in [3.8, 4) is 0 Å². The average Bonchev–Trinajstić information content (AvgIpc) is 3.23. The van der Waals surface area contributed by atoms with Gasteiger partial charge in [0.05, 0.1) is 12.9 Å². The average molecular weight is 290 g/mol. The molecule has 19 heavy (non-hydrogen) atoms. The highest BCUT2D eigenvalue weighted by atomic mass is 32.2. The van der Waals surface area contributed by atoms with Gasteiger partial charge in [-0.2, -0.15) is 4.31 Å². The number of sulfonamides is 1. The molecule has 0 radical (unpaired) electrons. The summed E-state index contributed by atoms with van der Waals surface area (Å²) in [5.74, 6) is -0.320. The number of hydrogen-bond donors (Lipinski definition) is 0. The van der Waals surface area contributed by atoms with Crippen molar-refractivity contribution in [2.75, 3.05) is 39.0 Å². The summed E-state index contributed by atoms with van der Waals surface area (Å²) < 4.78 is 30.3. The molecule has 0 N–H and O–H groups in total. The zero-order valence-corrected chi connectivity index (χ0v) is 12.2. The molecule has 2 aliphatic rings. The molecule has 0 aromatic heterocycles. The topological polar surface area (TPSA) is 66.9 Å². The molecule has 110 valence electrons. The third kappa shape index (κ3) is 4.15. The molecule has 2 fully saturated rings. The van der Waals surface area contributed by atoms with Crippen molar-refractivity contribution in [1.29, 1.82) is 0 Å². The van der Waals surface area contributed by atoms with Crippen molar-refractivity contribution in [2.24, 2.45) is 0 Å². The first kappa shape index (κ1) is 14.7. The maximum Gasteiger partial charge on any atom is 0.305 e. The Labute approximate surface area is 114 Å². The van der Waals surface area contributed by atoms with Gasteiger partial charge in [-0.1, -0.05) is 0 Å². The van der Waals surface area contributed by atoms with Crippen LogP contribution in [0.1, 0.15) is 25.7 Å². The minimum atomic E-state index is -3.22. The van der Waals surface area contributed by atoms with E-state index in [1.54, 1.807) is 4.31 Å². The third-order valence-corrected chi connectivity index (χ3v) is 5.70. The van der Waals surface area contributed by atoms with E-state index in [1.807, 2.05) is 0 Å². The monoisotopic (exact) mass is 290 g/mol. The maximum absolute atomic E-state index is 12.1.